The Kier molecular flexibility index (Phi) is 10.0. The maximum absolute atomic E-state index is 13.7. The zero-order valence-electron chi connectivity index (χ0n) is 18.2. The highest BCUT2D eigenvalue weighted by molar-refractivity contribution is 6.31. The number of rotatable bonds is 8. The average Bonchev–Trinajstić information content (AvgIpc) is 2.75. The van der Waals surface area contributed by atoms with Gasteiger partial charge >= 0.3 is 12.4 Å². The van der Waals surface area contributed by atoms with Gasteiger partial charge in [-0.15, -0.1) is 0 Å². The van der Waals surface area contributed by atoms with Crippen LogP contribution in [-0.4, -0.2) is 48.5 Å². The van der Waals surface area contributed by atoms with E-state index in [4.69, 9.17) is 22.4 Å². The van der Waals surface area contributed by atoms with Crippen LogP contribution in [0.4, 0.5) is 36.4 Å². The molecule has 198 valence electrons. The summed E-state index contributed by atoms with van der Waals surface area (Å²) < 4.78 is 91.1. The number of nitrogens with two attached hydrogens (primary N) is 1. The molecule has 0 radical (unpaired) electrons. The normalized spacial score (nSPS) is 14.3. The van der Waals surface area contributed by atoms with Gasteiger partial charge < -0.3 is 21.5 Å². The zero-order chi connectivity index (χ0) is 27.1. The molecule has 1 amide bonds. The highest BCUT2D eigenvalue weighted by atomic mass is 35.5. The molecule has 2 aromatic rings. The van der Waals surface area contributed by atoms with Crippen LogP contribution in [0, 0.1) is 5.82 Å². The number of aliphatic hydroxyl groups excluding tert-OH is 1. The third kappa shape index (κ3) is 9.26. The predicted molar refractivity (Wildman–Crippen MR) is 119 cm³/mol. The van der Waals surface area contributed by atoms with E-state index in [0.717, 1.165) is 24.3 Å². The molecule has 0 aliphatic heterocycles. The molecule has 36 heavy (non-hydrogen) atoms. The summed E-state index contributed by atoms with van der Waals surface area (Å²) in [5.41, 5.74) is 3.85. The lowest BCUT2D eigenvalue weighted by atomic mass is 10.1. The summed E-state index contributed by atoms with van der Waals surface area (Å²) >= 11 is 5.80. The summed E-state index contributed by atoms with van der Waals surface area (Å²) in [6.07, 6.45) is -11.5. The maximum Gasteiger partial charge on any atom is 0.416 e. The summed E-state index contributed by atoms with van der Waals surface area (Å²) in [4.78, 5) is 16.3. The Morgan fingerprint density at radius 3 is 2.25 bits per heavy atom. The fourth-order valence-corrected chi connectivity index (χ4v) is 3.03. The minimum atomic E-state index is -4.77. The molecule has 0 aromatic heterocycles. The van der Waals surface area contributed by atoms with E-state index < -0.39 is 60.8 Å². The molecular weight excluding hydrogens is 523 g/mol. The number of hydrogen-bond donors (Lipinski definition) is 5. The summed E-state index contributed by atoms with van der Waals surface area (Å²) in [6.45, 7) is -0.627. The number of halogens is 8. The largest absolute Gasteiger partial charge is 0.416 e. The molecule has 0 fully saturated rings. The van der Waals surface area contributed by atoms with E-state index in [9.17, 15) is 35.5 Å². The third-order valence-corrected chi connectivity index (χ3v) is 4.74. The fourth-order valence-electron chi connectivity index (χ4n) is 2.81. The molecule has 2 rings (SSSR count). The Morgan fingerprint density at radius 1 is 1.08 bits per heavy atom. The first kappa shape index (κ1) is 29.3. The first-order valence-electron chi connectivity index (χ1n) is 10.2. The summed E-state index contributed by atoms with van der Waals surface area (Å²) in [5.74, 6) is -2.35. The van der Waals surface area contributed by atoms with Gasteiger partial charge in [0.05, 0.1) is 18.3 Å². The van der Waals surface area contributed by atoms with Crippen molar-refractivity contribution >= 4 is 29.2 Å². The molecule has 0 aliphatic rings. The topological polar surface area (TPSA) is 112 Å². The van der Waals surface area contributed by atoms with Gasteiger partial charge in [-0.3, -0.25) is 10.1 Å². The first-order chi connectivity index (χ1) is 16.7. The Morgan fingerprint density at radius 2 is 1.72 bits per heavy atom. The van der Waals surface area contributed by atoms with Crippen molar-refractivity contribution in [3.05, 3.63) is 64.4 Å². The second-order valence-corrected chi connectivity index (χ2v) is 7.82. The van der Waals surface area contributed by atoms with Crippen molar-refractivity contribution in [1.82, 2.24) is 10.6 Å². The maximum atomic E-state index is 13.7. The van der Waals surface area contributed by atoms with Gasteiger partial charge in [0.15, 0.2) is 0 Å². The number of aliphatic imine (C=N–C) groups is 1. The van der Waals surface area contributed by atoms with E-state index in [1.807, 2.05) is 0 Å². The molecular formula is C21H21ClF7N5O2. The second kappa shape index (κ2) is 12.3. The van der Waals surface area contributed by atoms with E-state index in [1.54, 1.807) is 0 Å². The van der Waals surface area contributed by atoms with E-state index >= 15 is 0 Å². The van der Waals surface area contributed by atoms with Gasteiger partial charge in [-0.1, -0.05) is 11.6 Å². The van der Waals surface area contributed by atoms with Crippen LogP contribution in [0.1, 0.15) is 22.3 Å². The quantitative estimate of drug-likeness (QED) is 0.150. The van der Waals surface area contributed by atoms with Gasteiger partial charge in [0.2, 0.25) is 5.96 Å². The molecule has 0 spiro atoms. The van der Waals surface area contributed by atoms with Crippen molar-refractivity contribution in [2.75, 3.05) is 18.5 Å². The van der Waals surface area contributed by atoms with Crippen molar-refractivity contribution in [3.8, 4) is 0 Å². The number of guanidine groups is 1. The minimum absolute atomic E-state index is 0.0486. The number of nitrogens with one attached hydrogen (secondary N) is 3. The highest BCUT2D eigenvalue weighted by Gasteiger charge is 2.38. The fraction of sp³-hybridized carbons (Fsp3) is 0.333. The molecule has 2 atom stereocenters. The van der Waals surface area contributed by atoms with Gasteiger partial charge in [0.25, 0.3) is 5.91 Å². The van der Waals surface area contributed by atoms with Crippen molar-refractivity contribution in [2.24, 2.45) is 10.7 Å². The van der Waals surface area contributed by atoms with Gasteiger partial charge in [-0.05, 0) is 42.5 Å². The summed E-state index contributed by atoms with van der Waals surface area (Å²) in [6, 6.07) is 3.88. The lowest BCUT2D eigenvalue weighted by Crippen LogP contribution is -2.53. The Bertz CT molecular complexity index is 1040. The number of carbonyl (C=O) groups is 1. The van der Waals surface area contributed by atoms with Crippen LogP contribution in [0.2, 0.25) is 5.02 Å². The van der Waals surface area contributed by atoms with Crippen molar-refractivity contribution in [1.29, 1.82) is 0 Å². The summed E-state index contributed by atoms with van der Waals surface area (Å²) in [5, 5.41) is 16.5. The molecule has 7 nitrogen and oxygen atoms in total. The monoisotopic (exact) mass is 543 g/mol. The number of carbonyl (C=O) groups excluding carboxylic acids is 1. The molecule has 2 unspecified atom stereocenters. The van der Waals surface area contributed by atoms with Crippen molar-refractivity contribution < 1.29 is 40.6 Å². The van der Waals surface area contributed by atoms with Crippen LogP contribution in [0.15, 0.2) is 47.5 Å². The lowest BCUT2D eigenvalue weighted by Gasteiger charge is -2.26. The molecule has 15 heteroatoms. The number of nitrogens with zero attached hydrogens (tertiary/aromatic N) is 1. The van der Waals surface area contributed by atoms with Crippen molar-refractivity contribution in [3.63, 3.8) is 0 Å². The standard InChI is InChI=1S/C21H21ClF7N5O2/c22-13-7-14(23)9-15(8-13)32-19(33-17(31-5-6-35)10-16(30)21(27,28)29)34-18(36)11-1-3-12(4-2-11)20(24,25)26/h1-4,7-9,16-17,31,35H,5-6,10,30H2,(H2,32,33,34,36). The lowest BCUT2D eigenvalue weighted by molar-refractivity contribution is -0.150. The molecule has 0 saturated heterocycles. The van der Waals surface area contributed by atoms with Crippen LogP contribution in [0.25, 0.3) is 0 Å². The van der Waals surface area contributed by atoms with Gasteiger partial charge in [-0.2, -0.15) is 31.3 Å². The van der Waals surface area contributed by atoms with Crippen LogP contribution < -0.4 is 21.7 Å². The van der Waals surface area contributed by atoms with E-state index in [0.29, 0.717) is 12.1 Å². The van der Waals surface area contributed by atoms with Crippen LogP contribution >= 0.6 is 11.6 Å². The van der Waals surface area contributed by atoms with Crippen LogP contribution in [0.3, 0.4) is 0 Å². The number of benzene rings is 2. The van der Waals surface area contributed by atoms with Crippen molar-refractivity contribution in [2.45, 2.75) is 31.0 Å². The van der Waals surface area contributed by atoms with Crippen LogP contribution in [-0.2, 0) is 6.18 Å². The van der Waals surface area contributed by atoms with Gasteiger partial charge in [-0.25, -0.2) is 4.39 Å². The van der Waals surface area contributed by atoms with E-state index in [2.05, 4.69) is 20.9 Å². The zero-order valence-corrected chi connectivity index (χ0v) is 19.0. The first-order valence-corrected chi connectivity index (χ1v) is 10.5. The number of amides is 1. The second-order valence-electron chi connectivity index (χ2n) is 7.38. The third-order valence-electron chi connectivity index (χ3n) is 4.52. The van der Waals surface area contributed by atoms with E-state index in [-0.39, 0.29) is 22.8 Å². The van der Waals surface area contributed by atoms with E-state index in [1.165, 1.54) is 6.07 Å². The molecule has 0 bridgehead atoms. The number of anilines is 1. The number of hydrogen-bond acceptors (Lipinski definition) is 4. The molecule has 6 N–H and O–H groups in total. The molecule has 0 aliphatic carbocycles. The SMILES string of the molecule is NC(CC(NCCO)N/C(=N\C(=O)c1ccc(C(F)(F)F)cc1)Nc1cc(F)cc(Cl)c1)C(F)(F)F. The summed E-state index contributed by atoms with van der Waals surface area (Å²) in [7, 11) is 0. The Balaban J connectivity index is 2.38. The smallest absolute Gasteiger partial charge is 0.395 e. The molecule has 2 aromatic carbocycles. The Hall–Kier alpha value is -2.94. The molecule has 0 heterocycles. The van der Waals surface area contributed by atoms with Gasteiger partial charge in [0.1, 0.15) is 11.9 Å². The average molecular weight is 544 g/mol. The number of alkyl halides is 6. The minimum Gasteiger partial charge on any atom is -0.395 e. The van der Waals surface area contributed by atoms with Crippen LogP contribution in [0.5, 0.6) is 0 Å². The number of aliphatic hydroxyl groups is 1. The Labute approximate surface area is 205 Å². The predicted octanol–water partition coefficient (Wildman–Crippen LogP) is 3.88. The van der Waals surface area contributed by atoms with Gasteiger partial charge in [0, 0.05) is 29.2 Å². The molecule has 0 saturated carbocycles. The highest BCUT2D eigenvalue weighted by Crippen LogP contribution is 2.29.